The summed E-state index contributed by atoms with van der Waals surface area (Å²) in [6.45, 7) is 6.57. The van der Waals surface area contributed by atoms with E-state index in [-0.39, 0.29) is 11.9 Å². The van der Waals surface area contributed by atoms with E-state index < -0.39 is 0 Å². The Bertz CT molecular complexity index is 759. The highest BCUT2D eigenvalue weighted by Gasteiger charge is 2.31. The van der Waals surface area contributed by atoms with E-state index in [0.29, 0.717) is 17.5 Å². The molecule has 1 amide bonds. The Labute approximate surface area is 146 Å². The van der Waals surface area contributed by atoms with Crippen LogP contribution in [0.1, 0.15) is 49.5 Å². The Morgan fingerprint density at radius 3 is 2.84 bits per heavy atom. The monoisotopic (exact) mass is 344 g/mol. The fourth-order valence-corrected chi connectivity index (χ4v) is 3.84. The van der Waals surface area contributed by atoms with E-state index in [1.54, 1.807) is 13.0 Å². The first-order valence-electron chi connectivity index (χ1n) is 9.02. The molecule has 1 unspecified atom stereocenters. The van der Waals surface area contributed by atoms with Crippen molar-refractivity contribution < 1.29 is 9.32 Å². The molecule has 4 rings (SSSR count). The molecular weight excluding hydrogens is 320 g/mol. The standard InChI is InChI=1S/C17H24N6O2/c1-11-10-14(21-25-11)18-17(24)12(2)22-8-5-13(6-9-22)16-20-19-15-4-3-7-23(15)16/h10,12-13H,3-9H2,1-2H3,(H,18,21,24). The first-order valence-corrected chi connectivity index (χ1v) is 9.02. The van der Waals surface area contributed by atoms with E-state index in [1.165, 1.54) is 6.42 Å². The number of likely N-dealkylation sites (tertiary alicyclic amines) is 1. The maximum absolute atomic E-state index is 12.4. The van der Waals surface area contributed by atoms with E-state index in [4.69, 9.17) is 4.52 Å². The van der Waals surface area contributed by atoms with Crippen LogP contribution in [0.3, 0.4) is 0 Å². The summed E-state index contributed by atoms with van der Waals surface area (Å²) < 4.78 is 7.28. The maximum atomic E-state index is 12.4. The molecule has 4 heterocycles. The van der Waals surface area contributed by atoms with Crippen LogP contribution in [0.5, 0.6) is 0 Å². The molecule has 25 heavy (non-hydrogen) atoms. The van der Waals surface area contributed by atoms with E-state index in [9.17, 15) is 4.79 Å². The second-order valence-corrected chi connectivity index (χ2v) is 7.03. The average Bonchev–Trinajstić information content (AvgIpc) is 3.31. The van der Waals surface area contributed by atoms with Crippen LogP contribution < -0.4 is 5.32 Å². The molecule has 0 aromatic carbocycles. The zero-order chi connectivity index (χ0) is 17.4. The predicted octanol–water partition coefficient (Wildman–Crippen LogP) is 1.73. The molecule has 2 aliphatic rings. The van der Waals surface area contributed by atoms with Crippen LogP contribution in [0.4, 0.5) is 5.82 Å². The quantitative estimate of drug-likeness (QED) is 0.908. The molecule has 1 atom stereocenters. The lowest BCUT2D eigenvalue weighted by molar-refractivity contribution is -0.121. The first kappa shape index (κ1) is 16.3. The van der Waals surface area contributed by atoms with Gasteiger partial charge in [0.2, 0.25) is 5.91 Å². The number of nitrogens with zero attached hydrogens (tertiary/aromatic N) is 5. The molecule has 8 nitrogen and oxygen atoms in total. The Balaban J connectivity index is 1.34. The predicted molar refractivity (Wildman–Crippen MR) is 91.2 cm³/mol. The molecule has 0 saturated carbocycles. The van der Waals surface area contributed by atoms with Gasteiger partial charge in [-0.25, -0.2) is 0 Å². The van der Waals surface area contributed by atoms with Gasteiger partial charge in [-0.05, 0) is 46.2 Å². The van der Waals surface area contributed by atoms with Crippen LogP contribution in [-0.4, -0.2) is 49.9 Å². The van der Waals surface area contributed by atoms with Gasteiger partial charge in [-0.3, -0.25) is 9.69 Å². The summed E-state index contributed by atoms with van der Waals surface area (Å²) in [5, 5.41) is 15.4. The van der Waals surface area contributed by atoms with E-state index >= 15 is 0 Å². The highest BCUT2D eigenvalue weighted by Crippen LogP contribution is 2.30. The van der Waals surface area contributed by atoms with Crippen LogP contribution >= 0.6 is 0 Å². The normalized spacial score (nSPS) is 19.8. The van der Waals surface area contributed by atoms with Gasteiger partial charge in [-0.1, -0.05) is 5.16 Å². The second kappa shape index (κ2) is 6.59. The molecule has 1 N–H and O–H groups in total. The van der Waals surface area contributed by atoms with Crippen molar-refractivity contribution in [1.82, 2.24) is 24.8 Å². The van der Waals surface area contributed by atoms with E-state index in [1.807, 2.05) is 6.92 Å². The maximum Gasteiger partial charge on any atom is 0.242 e. The van der Waals surface area contributed by atoms with Gasteiger partial charge in [0, 0.05) is 24.9 Å². The lowest BCUT2D eigenvalue weighted by Gasteiger charge is -2.34. The number of rotatable bonds is 4. The fraction of sp³-hybridized carbons (Fsp3) is 0.647. The Hall–Kier alpha value is -2.22. The molecule has 2 aliphatic heterocycles. The van der Waals surface area contributed by atoms with Crippen molar-refractivity contribution in [3.8, 4) is 0 Å². The molecule has 8 heteroatoms. The molecule has 2 aromatic heterocycles. The SMILES string of the molecule is Cc1cc(NC(=O)C(C)N2CCC(c3nnc4n3CCC4)CC2)no1. The van der Waals surface area contributed by atoms with Crippen molar-refractivity contribution in [2.24, 2.45) is 0 Å². The number of nitrogens with one attached hydrogen (secondary N) is 1. The van der Waals surface area contributed by atoms with Gasteiger partial charge in [-0.15, -0.1) is 10.2 Å². The zero-order valence-electron chi connectivity index (χ0n) is 14.7. The van der Waals surface area contributed by atoms with Gasteiger partial charge in [-0.2, -0.15) is 0 Å². The Kier molecular flexibility index (Phi) is 4.29. The lowest BCUT2D eigenvalue weighted by Crippen LogP contribution is -2.46. The Morgan fingerprint density at radius 1 is 1.32 bits per heavy atom. The number of hydrogen-bond donors (Lipinski definition) is 1. The van der Waals surface area contributed by atoms with Crippen molar-refractivity contribution in [1.29, 1.82) is 0 Å². The highest BCUT2D eigenvalue weighted by atomic mass is 16.5. The summed E-state index contributed by atoms with van der Waals surface area (Å²) in [7, 11) is 0. The molecular formula is C17H24N6O2. The van der Waals surface area contributed by atoms with Crippen molar-refractivity contribution >= 4 is 11.7 Å². The Morgan fingerprint density at radius 2 is 2.12 bits per heavy atom. The lowest BCUT2D eigenvalue weighted by atomic mass is 9.95. The number of aromatic nitrogens is 4. The minimum Gasteiger partial charge on any atom is -0.360 e. The van der Waals surface area contributed by atoms with Gasteiger partial charge in [0.1, 0.15) is 17.4 Å². The number of carbonyl (C=O) groups is 1. The minimum atomic E-state index is -0.193. The minimum absolute atomic E-state index is 0.0462. The average molecular weight is 344 g/mol. The van der Waals surface area contributed by atoms with Gasteiger partial charge in [0.05, 0.1) is 6.04 Å². The summed E-state index contributed by atoms with van der Waals surface area (Å²) in [5.41, 5.74) is 0. The second-order valence-electron chi connectivity index (χ2n) is 7.03. The van der Waals surface area contributed by atoms with Crippen molar-refractivity contribution in [3.05, 3.63) is 23.5 Å². The van der Waals surface area contributed by atoms with Crippen LogP contribution in [0.2, 0.25) is 0 Å². The summed E-state index contributed by atoms with van der Waals surface area (Å²) in [6.07, 6.45) is 4.25. The molecule has 2 aromatic rings. The number of piperidine rings is 1. The molecule has 134 valence electrons. The number of amides is 1. The third-order valence-corrected chi connectivity index (χ3v) is 5.34. The number of fused-ring (bicyclic) bond motifs is 1. The topological polar surface area (TPSA) is 89.1 Å². The summed E-state index contributed by atoms with van der Waals surface area (Å²) >= 11 is 0. The van der Waals surface area contributed by atoms with Crippen molar-refractivity contribution in [3.63, 3.8) is 0 Å². The zero-order valence-corrected chi connectivity index (χ0v) is 14.7. The molecule has 0 aliphatic carbocycles. The van der Waals surface area contributed by atoms with Crippen LogP contribution in [-0.2, 0) is 17.8 Å². The van der Waals surface area contributed by atoms with Crippen molar-refractivity contribution in [2.75, 3.05) is 18.4 Å². The van der Waals surface area contributed by atoms with Crippen LogP contribution in [0.25, 0.3) is 0 Å². The molecule has 1 fully saturated rings. The van der Waals surface area contributed by atoms with Crippen molar-refractivity contribution in [2.45, 2.75) is 58.0 Å². The third-order valence-electron chi connectivity index (χ3n) is 5.34. The third kappa shape index (κ3) is 3.18. The molecule has 0 bridgehead atoms. The summed E-state index contributed by atoms with van der Waals surface area (Å²) in [5.74, 6) is 3.84. The highest BCUT2D eigenvalue weighted by molar-refractivity contribution is 5.93. The smallest absolute Gasteiger partial charge is 0.242 e. The summed E-state index contributed by atoms with van der Waals surface area (Å²) in [4.78, 5) is 14.6. The largest absolute Gasteiger partial charge is 0.360 e. The fourth-order valence-electron chi connectivity index (χ4n) is 3.84. The van der Waals surface area contributed by atoms with Crippen LogP contribution in [0.15, 0.2) is 10.6 Å². The molecule has 1 saturated heterocycles. The number of carbonyl (C=O) groups excluding carboxylic acids is 1. The number of aryl methyl sites for hydroxylation is 2. The van der Waals surface area contributed by atoms with Crippen LogP contribution in [0, 0.1) is 6.92 Å². The van der Waals surface area contributed by atoms with E-state index in [0.717, 1.165) is 50.5 Å². The van der Waals surface area contributed by atoms with Gasteiger partial charge < -0.3 is 14.4 Å². The summed E-state index contributed by atoms with van der Waals surface area (Å²) in [6, 6.07) is 1.53. The molecule has 0 radical (unpaired) electrons. The number of hydrogen-bond acceptors (Lipinski definition) is 6. The number of anilines is 1. The van der Waals surface area contributed by atoms with Gasteiger partial charge in [0.15, 0.2) is 5.82 Å². The van der Waals surface area contributed by atoms with E-state index in [2.05, 4.69) is 30.1 Å². The van der Waals surface area contributed by atoms with Gasteiger partial charge >= 0.3 is 0 Å². The molecule has 0 spiro atoms. The van der Waals surface area contributed by atoms with Gasteiger partial charge in [0.25, 0.3) is 0 Å². The first-order chi connectivity index (χ1) is 12.1.